The summed E-state index contributed by atoms with van der Waals surface area (Å²) in [6.45, 7) is 1.09. The summed E-state index contributed by atoms with van der Waals surface area (Å²) in [5, 5.41) is 2.58. The lowest BCUT2D eigenvalue weighted by molar-refractivity contribution is -2.00. The molecular formula is C26H22ClNO5. The number of likely N-dealkylation sites (N-methyl/N-ethyl adjacent to an activating group) is 1. The third kappa shape index (κ3) is 5.96. The van der Waals surface area contributed by atoms with E-state index in [1.165, 1.54) is 21.7 Å². The molecule has 168 valence electrons. The predicted octanol–water partition coefficient (Wildman–Crippen LogP) is -1.13. The van der Waals surface area contributed by atoms with E-state index < -0.39 is 10.2 Å². The van der Waals surface area contributed by atoms with Crippen molar-refractivity contribution in [3.63, 3.8) is 0 Å². The Morgan fingerprint density at radius 2 is 1.27 bits per heavy atom. The number of hydrogen-bond acceptors (Lipinski definition) is 5. The molecule has 0 spiro atoms. The maximum absolute atomic E-state index is 8.49. The Kier molecular flexibility index (Phi) is 6.74. The monoisotopic (exact) mass is 463 g/mol. The summed E-state index contributed by atoms with van der Waals surface area (Å²) in [7, 11) is -2.78. The summed E-state index contributed by atoms with van der Waals surface area (Å²) < 4.78 is 42.6. The topological polar surface area (TPSA) is 104 Å². The molecule has 0 aromatic heterocycles. The van der Waals surface area contributed by atoms with Crippen molar-refractivity contribution in [1.29, 1.82) is 0 Å². The molecule has 2 aliphatic rings. The fourth-order valence-corrected chi connectivity index (χ4v) is 3.90. The van der Waals surface area contributed by atoms with Crippen LogP contribution in [-0.4, -0.2) is 13.6 Å². The second kappa shape index (κ2) is 9.70. The molecule has 0 unspecified atom stereocenters. The Labute approximate surface area is 193 Å². The van der Waals surface area contributed by atoms with Crippen LogP contribution in [0.15, 0.2) is 91.0 Å². The molecule has 0 radical (unpaired) electrons. The molecule has 33 heavy (non-hydrogen) atoms. The Bertz CT molecular complexity index is 1260. The van der Waals surface area contributed by atoms with Crippen LogP contribution < -0.4 is 33.8 Å². The molecule has 7 heteroatoms. The molecule has 0 saturated carbocycles. The van der Waals surface area contributed by atoms with Gasteiger partial charge in [0.1, 0.15) is 25.1 Å². The second-order valence-corrected chi connectivity index (χ2v) is 8.46. The zero-order valence-corrected chi connectivity index (χ0v) is 18.7. The lowest BCUT2D eigenvalue weighted by Gasteiger charge is -2.19. The second-order valence-electron chi connectivity index (χ2n) is 7.70. The van der Waals surface area contributed by atoms with Crippen molar-refractivity contribution in [2.24, 2.45) is 0 Å². The minimum absolute atomic E-state index is 0.884. The van der Waals surface area contributed by atoms with Gasteiger partial charge in [-0.05, 0) is 35.1 Å². The van der Waals surface area contributed by atoms with E-state index in [1.807, 2.05) is 36.4 Å². The Hall–Kier alpha value is -3.26. The van der Waals surface area contributed by atoms with E-state index in [4.69, 9.17) is 23.4 Å². The average molecular weight is 464 g/mol. The zero-order chi connectivity index (χ0) is 23.4. The minimum atomic E-state index is -4.94. The predicted molar refractivity (Wildman–Crippen MR) is 115 cm³/mol. The molecule has 0 atom stereocenters. The number of halogens is 1. The van der Waals surface area contributed by atoms with Crippen molar-refractivity contribution in [2.45, 2.75) is 6.42 Å². The number of rotatable bonds is 2. The van der Waals surface area contributed by atoms with Crippen LogP contribution in [0.3, 0.4) is 0 Å². The van der Waals surface area contributed by atoms with Gasteiger partial charge in [0.15, 0.2) is 0 Å². The van der Waals surface area contributed by atoms with Gasteiger partial charge in [-0.1, -0.05) is 60.7 Å². The van der Waals surface area contributed by atoms with Crippen LogP contribution in [0.2, 0.25) is 0 Å². The first-order valence-corrected chi connectivity index (χ1v) is 11.6. The first kappa shape index (κ1) is 22.9. The molecule has 0 aliphatic carbocycles. The number of ether oxygens (including phenoxy) is 1. The quantitative estimate of drug-likeness (QED) is 0.447. The number of allylic oxidation sites excluding steroid dienone is 2. The molecule has 3 aromatic carbocycles. The Morgan fingerprint density at radius 3 is 1.79 bits per heavy atom. The number of benzene rings is 3. The van der Waals surface area contributed by atoms with Crippen LogP contribution in [0.5, 0.6) is 0 Å². The molecule has 0 saturated heterocycles. The lowest BCUT2D eigenvalue weighted by atomic mass is 10.0. The summed E-state index contributed by atoms with van der Waals surface area (Å²) in [5.74, 6) is 1.77. The fourth-order valence-electron chi connectivity index (χ4n) is 3.90. The van der Waals surface area contributed by atoms with Gasteiger partial charge in [0.2, 0.25) is 5.36 Å². The third-order valence-electron chi connectivity index (χ3n) is 5.45. The number of fused-ring (bicyclic) bond motifs is 1. The van der Waals surface area contributed by atoms with Crippen molar-refractivity contribution >= 4 is 17.1 Å². The normalized spacial score (nSPS) is 15.1. The van der Waals surface area contributed by atoms with Crippen LogP contribution in [0.1, 0.15) is 16.7 Å². The van der Waals surface area contributed by atoms with E-state index in [0.29, 0.717) is 0 Å². The molecule has 0 fully saturated rings. The summed E-state index contributed by atoms with van der Waals surface area (Å²) in [5.41, 5.74) is 4.77. The third-order valence-corrected chi connectivity index (χ3v) is 5.45. The molecular weight excluding hydrogens is 442 g/mol. The SMILES string of the molecule is C[N+]1=c2ccc(=C3C=C(c4ccccc4)OC(c4ccccc4)=C3)cc2CC1.[O-][Cl+3]([O-])([O-])[O-]. The summed E-state index contributed by atoms with van der Waals surface area (Å²) in [6.07, 6.45) is 5.41. The van der Waals surface area contributed by atoms with Gasteiger partial charge in [-0.2, -0.15) is 0 Å². The van der Waals surface area contributed by atoms with Crippen molar-refractivity contribution < 1.29 is 33.6 Å². The van der Waals surface area contributed by atoms with Gasteiger partial charge in [-0.3, -0.25) is 0 Å². The van der Waals surface area contributed by atoms with Gasteiger partial charge in [0.05, 0.1) is 0 Å². The van der Waals surface area contributed by atoms with Crippen LogP contribution in [-0.2, 0) is 11.2 Å². The van der Waals surface area contributed by atoms with E-state index >= 15 is 0 Å². The number of nitrogens with zero attached hydrogens (tertiary/aromatic N) is 1. The van der Waals surface area contributed by atoms with Crippen LogP contribution in [0.25, 0.3) is 17.1 Å². The van der Waals surface area contributed by atoms with Gasteiger partial charge in [-0.25, -0.2) is 23.2 Å². The molecule has 2 heterocycles. The van der Waals surface area contributed by atoms with Crippen molar-refractivity contribution in [2.75, 3.05) is 13.6 Å². The zero-order valence-electron chi connectivity index (χ0n) is 17.9. The van der Waals surface area contributed by atoms with E-state index in [-0.39, 0.29) is 0 Å². The molecule has 5 rings (SSSR count). The minimum Gasteiger partial charge on any atom is -0.456 e. The Morgan fingerprint density at radius 1 is 0.758 bits per heavy atom. The van der Waals surface area contributed by atoms with Crippen molar-refractivity contribution in [3.05, 3.63) is 118 Å². The van der Waals surface area contributed by atoms with Gasteiger partial charge >= 0.3 is 0 Å². The summed E-state index contributed by atoms with van der Waals surface area (Å²) >= 11 is 0. The highest BCUT2D eigenvalue weighted by molar-refractivity contribution is 5.88. The number of hydrogen-bond donors (Lipinski definition) is 0. The smallest absolute Gasteiger partial charge is 0.203 e. The Balaban J connectivity index is 0.000000471. The fraction of sp³-hybridized carbons (Fsp3) is 0.115. The highest BCUT2D eigenvalue weighted by Gasteiger charge is 2.17. The van der Waals surface area contributed by atoms with Gasteiger partial charge in [-0.15, -0.1) is 10.2 Å². The molecule has 0 N–H and O–H groups in total. The first-order chi connectivity index (χ1) is 15.8. The summed E-state index contributed by atoms with van der Waals surface area (Å²) in [6, 6.07) is 27.4. The van der Waals surface area contributed by atoms with E-state index in [1.54, 1.807) is 0 Å². The molecule has 6 nitrogen and oxygen atoms in total. The highest BCUT2D eigenvalue weighted by atomic mass is 35.7. The first-order valence-electron chi connectivity index (χ1n) is 10.3. The molecule has 0 amide bonds. The van der Waals surface area contributed by atoms with Gasteiger partial charge in [0, 0.05) is 29.2 Å². The van der Waals surface area contributed by atoms with Crippen LogP contribution in [0, 0.1) is 10.2 Å². The summed E-state index contributed by atoms with van der Waals surface area (Å²) in [4.78, 5) is 0. The van der Waals surface area contributed by atoms with Crippen molar-refractivity contribution in [3.8, 4) is 0 Å². The van der Waals surface area contributed by atoms with Crippen molar-refractivity contribution in [1.82, 2.24) is 4.58 Å². The van der Waals surface area contributed by atoms with E-state index in [9.17, 15) is 0 Å². The maximum atomic E-state index is 8.49. The van der Waals surface area contributed by atoms with Gasteiger partial charge < -0.3 is 4.74 Å². The van der Waals surface area contributed by atoms with Crippen LogP contribution >= 0.6 is 0 Å². The van der Waals surface area contributed by atoms with Crippen LogP contribution in [0.4, 0.5) is 0 Å². The standard InChI is InChI=1S/C26H22NO.ClHO4/c1-27-15-14-22-16-21(12-13-24(22)27)23-17-25(19-8-4-2-5-9-19)28-26(18-23)20-10-6-3-7-11-20;2-1(3,4)5/h2-13,16-18H,14-15H2,1H3;(H,2,3,4,5)/q+1;/p-1. The highest BCUT2D eigenvalue weighted by Crippen LogP contribution is 2.32. The molecule has 0 bridgehead atoms. The lowest BCUT2D eigenvalue weighted by Crippen LogP contribution is -2.68. The van der Waals surface area contributed by atoms with Gasteiger partial charge in [0.25, 0.3) is 0 Å². The van der Waals surface area contributed by atoms with E-state index in [0.717, 1.165) is 35.6 Å². The molecule has 3 aromatic rings. The van der Waals surface area contributed by atoms with E-state index in [2.05, 4.69) is 66.2 Å². The maximum Gasteiger partial charge on any atom is 0.203 e. The largest absolute Gasteiger partial charge is 0.456 e. The average Bonchev–Trinajstić information content (AvgIpc) is 3.19. The molecule has 2 aliphatic heterocycles.